The number of nitrogens with one attached hydrogen (secondary N) is 1. The first-order valence-corrected chi connectivity index (χ1v) is 13.5. The molecule has 0 aromatic heterocycles. The number of hydrogen-bond acceptors (Lipinski definition) is 4. The highest BCUT2D eigenvalue weighted by Crippen LogP contribution is 2.07. The van der Waals surface area contributed by atoms with Crippen LogP contribution in [0.5, 0.6) is 0 Å². The summed E-state index contributed by atoms with van der Waals surface area (Å²) in [5.41, 5.74) is 4.84. The van der Waals surface area contributed by atoms with Gasteiger partial charge in [0.05, 0.1) is 0 Å². The molecule has 4 nitrogen and oxygen atoms in total. The van der Waals surface area contributed by atoms with Crippen LogP contribution < -0.4 is 5.32 Å². The summed E-state index contributed by atoms with van der Waals surface area (Å²) in [6.07, 6.45) is 0.867. The molecule has 3 rings (SSSR count). The average molecular weight is 550 g/mol. The minimum Gasteiger partial charge on any atom is -0.312 e. The van der Waals surface area contributed by atoms with Crippen molar-refractivity contribution in [2.75, 3.05) is 6.54 Å². The quantitative estimate of drug-likeness (QED) is 0.104. The lowest BCUT2D eigenvalue weighted by Gasteiger charge is -2.05. The summed E-state index contributed by atoms with van der Waals surface area (Å²) < 4.78 is 24.4. The highest BCUT2D eigenvalue weighted by atomic mass is 19.1. The van der Waals surface area contributed by atoms with Gasteiger partial charge in [0.2, 0.25) is 0 Å². The van der Waals surface area contributed by atoms with Crippen molar-refractivity contribution in [3.8, 4) is 11.8 Å². The van der Waals surface area contributed by atoms with Crippen molar-refractivity contribution in [1.29, 1.82) is 0 Å². The van der Waals surface area contributed by atoms with Crippen LogP contribution in [0.25, 0.3) is 0 Å². The summed E-state index contributed by atoms with van der Waals surface area (Å²) in [7, 11) is 0. The Morgan fingerprint density at radius 2 is 1.20 bits per heavy atom. The molecule has 40 heavy (non-hydrogen) atoms. The van der Waals surface area contributed by atoms with Crippen molar-refractivity contribution in [2.45, 2.75) is 61.4 Å². The van der Waals surface area contributed by atoms with E-state index in [4.69, 9.17) is 0 Å². The lowest BCUT2D eigenvalue weighted by Crippen LogP contribution is -2.16. The Kier molecular flexibility index (Phi) is 18.9. The SMILES string of the molecule is CC.CC.CC(=O)C(C)C(=O)F.CC(=O)c1ccc(C#Cc2ccc(CNCCc3ccc(F)cc3)cc2)cc1. The fraction of sp³-hybridized carbons (Fsp3) is 0.324. The van der Waals surface area contributed by atoms with Gasteiger partial charge in [-0.05, 0) is 81.3 Å². The van der Waals surface area contributed by atoms with Crippen LogP contribution in [0.4, 0.5) is 8.78 Å². The smallest absolute Gasteiger partial charge is 0.311 e. The summed E-state index contributed by atoms with van der Waals surface area (Å²) in [6, 6.07) is 20.5. The van der Waals surface area contributed by atoms with E-state index in [2.05, 4.69) is 29.3 Å². The predicted octanol–water partition coefficient (Wildman–Crippen LogP) is 7.52. The Bertz CT molecular complexity index is 1210. The van der Waals surface area contributed by atoms with Gasteiger partial charge in [0, 0.05) is 23.2 Å². The lowest BCUT2D eigenvalue weighted by atomic mass is 10.1. The Labute approximate surface area is 238 Å². The molecular weight excluding hydrogens is 508 g/mol. The number of Topliss-reactive ketones (excluding diaryl/α,β-unsaturated/α-hetero) is 2. The van der Waals surface area contributed by atoms with Crippen LogP contribution in [-0.4, -0.2) is 24.1 Å². The zero-order chi connectivity index (χ0) is 30.5. The van der Waals surface area contributed by atoms with Gasteiger partial charge in [-0.2, -0.15) is 4.39 Å². The number of ketones is 2. The summed E-state index contributed by atoms with van der Waals surface area (Å²) in [6.45, 7) is 13.6. The molecule has 0 fully saturated rings. The lowest BCUT2D eigenvalue weighted by molar-refractivity contribution is -0.138. The number of rotatable bonds is 8. The second kappa shape index (κ2) is 20.9. The molecule has 0 aliphatic rings. The number of halogens is 2. The topological polar surface area (TPSA) is 63.2 Å². The Morgan fingerprint density at radius 1 is 0.750 bits per heavy atom. The molecule has 1 unspecified atom stereocenters. The van der Waals surface area contributed by atoms with E-state index < -0.39 is 17.7 Å². The van der Waals surface area contributed by atoms with Crippen molar-refractivity contribution in [3.05, 3.63) is 106 Å². The van der Waals surface area contributed by atoms with Crippen LogP contribution in [-0.2, 0) is 22.6 Å². The second-order valence-electron chi connectivity index (χ2n) is 8.27. The van der Waals surface area contributed by atoms with Crippen molar-refractivity contribution in [3.63, 3.8) is 0 Å². The molecule has 0 bridgehead atoms. The highest BCUT2D eigenvalue weighted by Gasteiger charge is 2.15. The standard InChI is InChI=1S/C25H22FNO.C5H7FO2.2C2H6/c1-19(28)24-12-8-21(9-13-24)3-2-20-4-6-23(7-5-20)18-27-17-16-22-10-14-25(26)15-11-22;1-3(4(2)7)5(6)8;2*1-2/h4-15,27H,16-18H2,1H3;3H,1-2H3;2*1-2H3. The number of carbonyl (C=O) groups excluding carboxylic acids is 3. The average Bonchev–Trinajstić information content (AvgIpc) is 2.98. The second-order valence-corrected chi connectivity index (χ2v) is 8.27. The van der Waals surface area contributed by atoms with Crippen molar-refractivity contribution < 1.29 is 23.2 Å². The molecule has 6 heteroatoms. The van der Waals surface area contributed by atoms with E-state index in [0.29, 0.717) is 5.56 Å². The third-order valence-electron chi connectivity index (χ3n) is 5.38. The molecule has 1 N–H and O–H groups in total. The minimum absolute atomic E-state index is 0.0568. The fourth-order valence-electron chi connectivity index (χ4n) is 2.91. The zero-order valence-electron chi connectivity index (χ0n) is 24.6. The fourth-order valence-corrected chi connectivity index (χ4v) is 2.91. The molecule has 0 radical (unpaired) electrons. The molecule has 214 valence electrons. The number of benzene rings is 3. The van der Waals surface area contributed by atoms with Crippen LogP contribution in [0.1, 0.15) is 81.1 Å². The third kappa shape index (κ3) is 14.8. The summed E-state index contributed by atoms with van der Waals surface area (Å²) in [5, 5.41) is 3.40. The van der Waals surface area contributed by atoms with Gasteiger partial charge >= 0.3 is 6.04 Å². The van der Waals surface area contributed by atoms with Gasteiger partial charge in [0.15, 0.2) is 5.78 Å². The first-order valence-electron chi connectivity index (χ1n) is 13.5. The molecule has 0 aliphatic heterocycles. The van der Waals surface area contributed by atoms with E-state index in [1.54, 1.807) is 19.1 Å². The van der Waals surface area contributed by atoms with Gasteiger partial charge < -0.3 is 5.32 Å². The van der Waals surface area contributed by atoms with Crippen LogP contribution in [0.3, 0.4) is 0 Å². The normalized spacial score (nSPS) is 10.0. The van der Waals surface area contributed by atoms with Gasteiger partial charge in [0.1, 0.15) is 17.5 Å². The molecule has 0 saturated heterocycles. The number of hydrogen-bond donors (Lipinski definition) is 1. The van der Waals surface area contributed by atoms with Crippen LogP contribution in [0.15, 0.2) is 72.8 Å². The van der Waals surface area contributed by atoms with Gasteiger partial charge in [-0.3, -0.25) is 14.4 Å². The minimum atomic E-state index is -1.56. The van der Waals surface area contributed by atoms with E-state index >= 15 is 0 Å². The van der Waals surface area contributed by atoms with Gasteiger partial charge in [0.25, 0.3) is 0 Å². The van der Waals surface area contributed by atoms with E-state index in [1.807, 2.05) is 64.1 Å². The van der Waals surface area contributed by atoms with Gasteiger partial charge in [-0.1, -0.05) is 75.9 Å². The van der Waals surface area contributed by atoms with Crippen molar-refractivity contribution in [1.82, 2.24) is 5.32 Å². The maximum Gasteiger partial charge on any atom is 0.311 e. The molecule has 0 aliphatic carbocycles. The molecule has 3 aromatic carbocycles. The van der Waals surface area contributed by atoms with E-state index in [9.17, 15) is 23.2 Å². The molecule has 0 heterocycles. The largest absolute Gasteiger partial charge is 0.312 e. The molecule has 1 atom stereocenters. The molecule has 3 aromatic rings. The van der Waals surface area contributed by atoms with Crippen molar-refractivity contribution in [2.24, 2.45) is 5.92 Å². The molecular formula is C34H41F2NO3. The van der Waals surface area contributed by atoms with E-state index in [-0.39, 0.29) is 11.6 Å². The van der Waals surface area contributed by atoms with Crippen molar-refractivity contribution >= 4 is 17.6 Å². The number of carbonyl (C=O) groups is 3. The summed E-state index contributed by atoms with van der Waals surface area (Å²) >= 11 is 0. The maximum atomic E-state index is 12.9. The molecule has 0 amide bonds. The monoisotopic (exact) mass is 549 g/mol. The maximum absolute atomic E-state index is 12.9. The molecule has 0 spiro atoms. The van der Waals surface area contributed by atoms with Gasteiger partial charge in [-0.15, -0.1) is 0 Å². The Hall–Kier alpha value is -3.95. The van der Waals surface area contributed by atoms with Crippen LogP contribution >= 0.6 is 0 Å². The van der Waals surface area contributed by atoms with Crippen LogP contribution in [0.2, 0.25) is 0 Å². The summed E-state index contributed by atoms with van der Waals surface area (Å²) in [5.74, 6) is 4.61. The zero-order valence-corrected chi connectivity index (χ0v) is 24.6. The van der Waals surface area contributed by atoms with E-state index in [1.165, 1.54) is 31.5 Å². The first-order chi connectivity index (χ1) is 19.2. The third-order valence-corrected chi connectivity index (χ3v) is 5.38. The first kappa shape index (κ1) is 36.1. The summed E-state index contributed by atoms with van der Waals surface area (Å²) in [4.78, 5) is 31.1. The van der Waals surface area contributed by atoms with Crippen LogP contribution in [0, 0.1) is 23.6 Å². The van der Waals surface area contributed by atoms with Gasteiger partial charge in [-0.25, -0.2) is 4.39 Å². The van der Waals surface area contributed by atoms with E-state index in [0.717, 1.165) is 36.2 Å². The Balaban J connectivity index is 0.00000108. The molecule has 0 saturated carbocycles. The highest BCUT2D eigenvalue weighted by molar-refractivity contribution is 5.96. The Morgan fingerprint density at radius 3 is 1.60 bits per heavy atom. The predicted molar refractivity (Wildman–Crippen MR) is 159 cm³/mol.